The first-order valence-electron chi connectivity index (χ1n) is 6.54. The number of nitrogens with zero attached hydrogens (tertiary/aromatic N) is 3. The SMILES string of the molecule is NNc1nnc(SCC(=O)NCc2ccc(C(F)(F)F)cc2)n1N. The first-order chi connectivity index (χ1) is 11.3. The molecule has 8 nitrogen and oxygen atoms in total. The molecule has 12 heteroatoms. The number of thioether (sulfide) groups is 1. The zero-order valence-electron chi connectivity index (χ0n) is 12.2. The fraction of sp³-hybridized carbons (Fsp3) is 0.250. The summed E-state index contributed by atoms with van der Waals surface area (Å²) in [5, 5.41) is 10.2. The molecular weight excluding hydrogens is 347 g/mol. The quantitative estimate of drug-likeness (QED) is 0.339. The molecule has 0 saturated carbocycles. The Morgan fingerprint density at radius 2 is 1.92 bits per heavy atom. The van der Waals surface area contributed by atoms with E-state index in [9.17, 15) is 18.0 Å². The monoisotopic (exact) mass is 361 g/mol. The smallest absolute Gasteiger partial charge is 0.351 e. The van der Waals surface area contributed by atoms with Gasteiger partial charge in [0.25, 0.3) is 5.95 Å². The van der Waals surface area contributed by atoms with Crippen molar-refractivity contribution in [1.29, 1.82) is 0 Å². The molecule has 0 bridgehead atoms. The molecule has 0 spiro atoms. The van der Waals surface area contributed by atoms with Crippen LogP contribution in [-0.2, 0) is 17.5 Å². The van der Waals surface area contributed by atoms with E-state index in [4.69, 9.17) is 11.7 Å². The minimum Gasteiger partial charge on any atom is -0.351 e. The van der Waals surface area contributed by atoms with Gasteiger partial charge >= 0.3 is 6.18 Å². The Morgan fingerprint density at radius 3 is 2.46 bits per heavy atom. The van der Waals surface area contributed by atoms with Crippen molar-refractivity contribution < 1.29 is 18.0 Å². The van der Waals surface area contributed by atoms with Gasteiger partial charge in [0, 0.05) is 6.54 Å². The maximum absolute atomic E-state index is 12.4. The van der Waals surface area contributed by atoms with Crippen LogP contribution >= 0.6 is 11.8 Å². The molecule has 0 fully saturated rings. The van der Waals surface area contributed by atoms with Crippen LogP contribution in [0.4, 0.5) is 19.1 Å². The predicted molar refractivity (Wildman–Crippen MR) is 82.0 cm³/mol. The minimum atomic E-state index is -4.38. The number of carbonyl (C=O) groups is 1. The molecule has 0 radical (unpaired) electrons. The number of hydrazine groups is 1. The molecule has 0 aliphatic rings. The molecule has 0 aliphatic heterocycles. The second-order valence-corrected chi connectivity index (χ2v) is 5.52. The highest BCUT2D eigenvalue weighted by Crippen LogP contribution is 2.29. The number of hydrogen-bond donors (Lipinski definition) is 4. The predicted octanol–water partition coefficient (Wildman–Crippen LogP) is 0.705. The Morgan fingerprint density at radius 1 is 1.25 bits per heavy atom. The van der Waals surface area contributed by atoms with Gasteiger partial charge in [-0.2, -0.15) is 13.2 Å². The normalized spacial score (nSPS) is 11.3. The van der Waals surface area contributed by atoms with Crippen molar-refractivity contribution in [2.24, 2.45) is 5.84 Å². The van der Waals surface area contributed by atoms with Gasteiger partial charge in [0.05, 0.1) is 11.3 Å². The Kier molecular flexibility index (Phi) is 5.51. The van der Waals surface area contributed by atoms with Crippen molar-refractivity contribution in [3.8, 4) is 0 Å². The van der Waals surface area contributed by atoms with E-state index >= 15 is 0 Å². The number of halogens is 3. The number of nitrogen functional groups attached to an aromatic ring is 2. The average molecular weight is 361 g/mol. The molecule has 1 aromatic carbocycles. The van der Waals surface area contributed by atoms with E-state index in [-0.39, 0.29) is 29.3 Å². The second kappa shape index (κ2) is 7.40. The maximum atomic E-state index is 12.4. The molecule has 24 heavy (non-hydrogen) atoms. The summed E-state index contributed by atoms with van der Waals surface area (Å²) in [5.74, 6) is 10.6. The van der Waals surface area contributed by atoms with E-state index in [0.29, 0.717) is 5.56 Å². The van der Waals surface area contributed by atoms with E-state index in [2.05, 4.69) is 20.9 Å². The molecule has 1 aromatic heterocycles. The van der Waals surface area contributed by atoms with Crippen molar-refractivity contribution in [3.05, 3.63) is 35.4 Å². The van der Waals surface area contributed by atoms with Crippen LogP contribution in [0.15, 0.2) is 29.4 Å². The molecule has 0 saturated heterocycles. The number of nitrogens with one attached hydrogen (secondary N) is 2. The number of rotatable bonds is 6. The molecule has 1 amide bonds. The summed E-state index contributed by atoms with van der Waals surface area (Å²) < 4.78 is 38.4. The fourth-order valence-corrected chi connectivity index (χ4v) is 2.35. The minimum absolute atomic E-state index is 0.0144. The lowest BCUT2D eigenvalue weighted by atomic mass is 10.1. The molecule has 1 heterocycles. The molecule has 0 atom stereocenters. The third-order valence-electron chi connectivity index (χ3n) is 2.90. The Balaban J connectivity index is 1.81. The van der Waals surface area contributed by atoms with E-state index in [0.717, 1.165) is 28.6 Å². The van der Waals surface area contributed by atoms with Gasteiger partial charge in [0.2, 0.25) is 11.1 Å². The third kappa shape index (κ3) is 4.52. The summed E-state index contributed by atoms with van der Waals surface area (Å²) in [6.07, 6.45) is -4.38. The number of amides is 1. The van der Waals surface area contributed by atoms with Crippen LogP contribution < -0.4 is 22.4 Å². The third-order valence-corrected chi connectivity index (χ3v) is 3.84. The number of hydrogen-bond acceptors (Lipinski definition) is 7. The van der Waals surface area contributed by atoms with Crippen LogP contribution in [0.2, 0.25) is 0 Å². The highest BCUT2D eigenvalue weighted by atomic mass is 32.2. The fourth-order valence-electron chi connectivity index (χ4n) is 1.67. The van der Waals surface area contributed by atoms with Crippen molar-refractivity contribution in [2.45, 2.75) is 17.9 Å². The molecule has 2 rings (SSSR count). The summed E-state index contributed by atoms with van der Waals surface area (Å²) in [6, 6.07) is 4.56. The van der Waals surface area contributed by atoms with E-state index < -0.39 is 11.7 Å². The van der Waals surface area contributed by atoms with Gasteiger partial charge in [0.15, 0.2) is 0 Å². The van der Waals surface area contributed by atoms with Crippen molar-refractivity contribution >= 4 is 23.6 Å². The van der Waals surface area contributed by atoms with Gasteiger partial charge in [-0.1, -0.05) is 23.9 Å². The van der Waals surface area contributed by atoms with Gasteiger partial charge < -0.3 is 11.2 Å². The van der Waals surface area contributed by atoms with Gasteiger partial charge in [-0.15, -0.1) is 10.2 Å². The zero-order chi connectivity index (χ0) is 17.7. The Labute approximate surface area is 138 Å². The standard InChI is InChI=1S/C12H14F3N7OS/c13-12(14,15)8-3-1-7(2-4-8)5-18-9(23)6-24-11-21-20-10(19-16)22(11)17/h1-4H,5-6,16-17H2,(H,18,23)(H,19,20). The first kappa shape index (κ1) is 17.9. The van der Waals surface area contributed by atoms with Crippen molar-refractivity contribution in [3.63, 3.8) is 0 Å². The van der Waals surface area contributed by atoms with Gasteiger partial charge in [0.1, 0.15) is 0 Å². The summed E-state index contributed by atoms with van der Waals surface area (Å²) in [5.41, 5.74) is 2.05. The van der Waals surface area contributed by atoms with Crippen LogP contribution in [0.1, 0.15) is 11.1 Å². The maximum Gasteiger partial charge on any atom is 0.416 e. The first-order valence-corrected chi connectivity index (χ1v) is 7.52. The van der Waals surface area contributed by atoms with Crippen LogP contribution in [0, 0.1) is 0 Å². The van der Waals surface area contributed by atoms with Crippen LogP contribution in [0.25, 0.3) is 0 Å². The molecule has 0 unspecified atom stereocenters. The average Bonchev–Trinajstić information content (AvgIpc) is 2.90. The summed E-state index contributed by atoms with van der Waals surface area (Å²) in [6.45, 7) is 0.114. The number of aromatic nitrogens is 3. The largest absolute Gasteiger partial charge is 0.416 e. The van der Waals surface area contributed by atoms with Crippen molar-refractivity contribution in [1.82, 2.24) is 20.2 Å². The Hall–Kier alpha value is -2.47. The summed E-state index contributed by atoms with van der Waals surface area (Å²) >= 11 is 1.04. The zero-order valence-corrected chi connectivity index (χ0v) is 13.0. The van der Waals surface area contributed by atoms with Crippen molar-refractivity contribution in [2.75, 3.05) is 17.0 Å². The summed E-state index contributed by atoms with van der Waals surface area (Å²) in [7, 11) is 0. The van der Waals surface area contributed by atoms with Crippen LogP contribution in [0.5, 0.6) is 0 Å². The molecule has 130 valence electrons. The van der Waals surface area contributed by atoms with E-state index in [1.54, 1.807) is 0 Å². The molecule has 2 aromatic rings. The molecular formula is C12H14F3N7OS. The number of benzene rings is 1. The highest BCUT2D eigenvalue weighted by Gasteiger charge is 2.29. The molecule has 6 N–H and O–H groups in total. The Bertz CT molecular complexity index is 702. The van der Waals surface area contributed by atoms with Crippen LogP contribution in [-0.4, -0.2) is 26.5 Å². The number of carbonyl (C=O) groups excluding carboxylic acids is 1. The lowest BCUT2D eigenvalue weighted by molar-refractivity contribution is -0.137. The lowest BCUT2D eigenvalue weighted by Crippen LogP contribution is -2.25. The van der Waals surface area contributed by atoms with Gasteiger partial charge in [-0.05, 0) is 17.7 Å². The van der Waals surface area contributed by atoms with E-state index in [1.807, 2.05) is 0 Å². The highest BCUT2D eigenvalue weighted by molar-refractivity contribution is 7.99. The summed E-state index contributed by atoms with van der Waals surface area (Å²) in [4.78, 5) is 11.8. The topological polar surface area (TPSA) is 124 Å². The van der Waals surface area contributed by atoms with Crippen LogP contribution in [0.3, 0.4) is 0 Å². The number of anilines is 1. The van der Waals surface area contributed by atoms with E-state index in [1.165, 1.54) is 12.1 Å². The second-order valence-electron chi connectivity index (χ2n) is 4.58. The lowest BCUT2D eigenvalue weighted by Gasteiger charge is -2.08. The number of alkyl halides is 3. The van der Waals surface area contributed by atoms with Gasteiger partial charge in [-0.25, -0.2) is 10.5 Å². The number of nitrogens with two attached hydrogens (primary N) is 2. The molecule has 0 aliphatic carbocycles. The van der Waals surface area contributed by atoms with Gasteiger partial charge in [-0.3, -0.25) is 10.2 Å².